The first kappa shape index (κ1) is 22.8. The molecule has 3 aromatic rings. The van der Waals surface area contributed by atoms with Crippen LogP contribution in [0.3, 0.4) is 0 Å². The molecule has 174 valence electrons. The van der Waals surface area contributed by atoms with Gasteiger partial charge < -0.3 is 15.3 Å². The molecule has 0 saturated carbocycles. The fourth-order valence-corrected chi connectivity index (χ4v) is 4.19. The number of aromatic nitrogens is 2. The third-order valence-corrected chi connectivity index (χ3v) is 6.47. The minimum Gasteiger partial charge on any atom is -0.477 e. The smallest absolute Gasteiger partial charge is 0.341 e. The number of carbonyl (C=O) groups is 1. The molecule has 3 heterocycles. The molecule has 2 N–H and O–H groups in total. The first-order valence-electron chi connectivity index (χ1n) is 10.4. The molecule has 1 fully saturated rings. The maximum Gasteiger partial charge on any atom is 0.341 e. The van der Waals surface area contributed by atoms with Crippen molar-refractivity contribution in [2.45, 2.75) is 25.8 Å². The SMILES string of the molecule is CNC(C)(C)C1CCN(c2nc3c(cc2F)c(=O)c(C(=O)O)cn3-c2ccc(F)cc2F)C1. The first-order valence-corrected chi connectivity index (χ1v) is 10.4. The van der Waals surface area contributed by atoms with Crippen LogP contribution >= 0.6 is 0 Å². The highest BCUT2D eigenvalue weighted by atomic mass is 19.1. The number of hydrogen-bond donors (Lipinski definition) is 2. The van der Waals surface area contributed by atoms with E-state index in [4.69, 9.17) is 0 Å². The third kappa shape index (κ3) is 3.95. The van der Waals surface area contributed by atoms with Gasteiger partial charge in [-0.15, -0.1) is 0 Å². The average molecular weight is 460 g/mol. The van der Waals surface area contributed by atoms with Crippen molar-refractivity contribution in [1.29, 1.82) is 0 Å². The maximum atomic E-state index is 15.1. The lowest BCUT2D eigenvalue weighted by atomic mass is 9.87. The Kier molecular flexibility index (Phi) is 5.65. The van der Waals surface area contributed by atoms with E-state index in [1.54, 1.807) is 4.90 Å². The van der Waals surface area contributed by atoms with Gasteiger partial charge in [0.2, 0.25) is 5.43 Å². The molecule has 1 saturated heterocycles. The molecule has 1 aliphatic rings. The maximum absolute atomic E-state index is 15.1. The second-order valence-corrected chi connectivity index (χ2v) is 8.71. The highest BCUT2D eigenvalue weighted by Crippen LogP contribution is 2.32. The molecule has 1 unspecified atom stereocenters. The minimum absolute atomic E-state index is 0.0179. The van der Waals surface area contributed by atoms with Crippen LogP contribution in [-0.4, -0.2) is 46.3 Å². The van der Waals surface area contributed by atoms with Gasteiger partial charge in [-0.2, -0.15) is 0 Å². The fourth-order valence-electron chi connectivity index (χ4n) is 4.19. The predicted molar refractivity (Wildman–Crippen MR) is 118 cm³/mol. The van der Waals surface area contributed by atoms with E-state index in [9.17, 15) is 23.5 Å². The molecule has 33 heavy (non-hydrogen) atoms. The molecule has 1 atom stereocenters. The summed E-state index contributed by atoms with van der Waals surface area (Å²) < 4.78 is 44.2. The number of carboxylic acids is 1. The highest BCUT2D eigenvalue weighted by molar-refractivity contribution is 5.92. The molecule has 0 amide bonds. The van der Waals surface area contributed by atoms with Gasteiger partial charge in [-0.05, 0) is 51.4 Å². The van der Waals surface area contributed by atoms with E-state index < -0.39 is 34.4 Å². The third-order valence-electron chi connectivity index (χ3n) is 6.47. The number of halogens is 3. The zero-order valence-corrected chi connectivity index (χ0v) is 18.3. The van der Waals surface area contributed by atoms with Crippen LogP contribution in [0.2, 0.25) is 0 Å². The molecule has 0 bridgehead atoms. The molecular weight excluding hydrogens is 437 g/mol. The Morgan fingerprint density at radius 2 is 1.94 bits per heavy atom. The standard InChI is InChI=1S/C23H23F3N4O3/c1-23(2,27-3)12-6-7-29(10-12)21-17(26)9-14-19(31)15(22(32)33)11-30(20(14)28-21)18-5-4-13(24)8-16(18)25/h4-5,8-9,11-12,27H,6-7,10H2,1-3H3,(H,32,33). The Morgan fingerprint density at radius 3 is 2.58 bits per heavy atom. The Hall–Kier alpha value is -3.40. The summed E-state index contributed by atoms with van der Waals surface area (Å²) in [5.74, 6) is -3.97. The number of anilines is 1. The van der Waals surface area contributed by atoms with Crippen LogP contribution in [0.5, 0.6) is 0 Å². The molecule has 0 spiro atoms. The van der Waals surface area contributed by atoms with E-state index in [1.807, 2.05) is 20.9 Å². The van der Waals surface area contributed by atoms with Crippen molar-refractivity contribution in [3.8, 4) is 5.69 Å². The van der Waals surface area contributed by atoms with Crippen molar-refractivity contribution in [3.63, 3.8) is 0 Å². The Morgan fingerprint density at radius 1 is 1.21 bits per heavy atom. The van der Waals surface area contributed by atoms with Crippen molar-refractivity contribution < 1.29 is 23.1 Å². The molecule has 0 aliphatic carbocycles. The highest BCUT2D eigenvalue weighted by Gasteiger charge is 2.35. The van der Waals surface area contributed by atoms with Gasteiger partial charge in [0.15, 0.2) is 17.3 Å². The average Bonchev–Trinajstić information content (AvgIpc) is 3.25. The number of nitrogens with zero attached hydrogens (tertiary/aromatic N) is 3. The topological polar surface area (TPSA) is 87.5 Å². The second kappa shape index (κ2) is 8.18. The molecule has 10 heteroatoms. The number of aromatic carboxylic acids is 1. The van der Waals surface area contributed by atoms with Crippen molar-refractivity contribution in [1.82, 2.24) is 14.9 Å². The summed E-state index contributed by atoms with van der Waals surface area (Å²) in [5.41, 5.74) is -2.16. The molecule has 2 aromatic heterocycles. The largest absolute Gasteiger partial charge is 0.477 e. The van der Waals surface area contributed by atoms with E-state index >= 15 is 4.39 Å². The van der Waals surface area contributed by atoms with E-state index in [1.165, 1.54) is 0 Å². The zero-order chi connectivity index (χ0) is 24.1. The van der Waals surface area contributed by atoms with Crippen LogP contribution in [0.4, 0.5) is 19.0 Å². The molecular formula is C23H23F3N4O3. The number of nitrogens with one attached hydrogen (secondary N) is 1. The first-order chi connectivity index (χ1) is 15.5. The number of hydrogen-bond acceptors (Lipinski definition) is 5. The van der Waals surface area contributed by atoms with Crippen molar-refractivity contribution in [2.75, 3.05) is 25.0 Å². The number of rotatable bonds is 5. The molecule has 1 aromatic carbocycles. The van der Waals surface area contributed by atoms with Gasteiger partial charge >= 0.3 is 5.97 Å². The van der Waals surface area contributed by atoms with Crippen LogP contribution in [0.15, 0.2) is 35.3 Å². The normalized spacial score (nSPS) is 16.5. The van der Waals surface area contributed by atoms with Crippen LogP contribution in [-0.2, 0) is 0 Å². The molecule has 4 rings (SSSR count). The van der Waals surface area contributed by atoms with Gasteiger partial charge in [0.1, 0.15) is 17.2 Å². The van der Waals surface area contributed by atoms with Gasteiger partial charge in [-0.3, -0.25) is 9.36 Å². The van der Waals surface area contributed by atoms with Crippen molar-refractivity contribution in [3.05, 3.63) is 63.7 Å². The number of pyridine rings is 2. The van der Waals surface area contributed by atoms with Gasteiger partial charge in [0.05, 0.1) is 11.1 Å². The molecule has 7 nitrogen and oxygen atoms in total. The van der Waals surface area contributed by atoms with Crippen LogP contribution < -0.4 is 15.6 Å². The molecule has 0 radical (unpaired) electrons. The second-order valence-electron chi connectivity index (χ2n) is 8.71. The van der Waals surface area contributed by atoms with Crippen molar-refractivity contribution in [2.24, 2.45) is 5.92 Å². The zero-order valence-electron chi connectivity index (χ0n) is 18.3. The summed E-state index contributed by atoms with van der Waals surface area (Å²) in [6, 6.07) is 3.67. The van der Waals surface area contributed by atoms with E-state index in [0.717, 1.165) is 35.4 Å². The van der Waals surface area contributed by atoms with Gasteiger partial charge in [0, 0.05) is 30.9 Å². The Balaban J connectivity index is 1.93. The predicted octanol–water partition coefficient (Wildman–Crippen LogP) is 3.33. The summed E-state index contributed by atoms with van der Waals surface area (Å²) in [7, 11) is 1.85. The Bertz CT molecular complexity index is 1320. The number of fused-ring (bicyclic) bond motifs is 1. The summed E-state index contributed by atoms with van der Waals surface area (Å²) in [6.45, 7) is 5.13. The van der Waals surface area contributed by atoms with Crippen LogP contribution in [0.1, 0.15) is 30.6 Å². The molecule has 1 aliphatic heterocycles. The number of benzene rings is 1. The van der Waals surface area contributed by atoms with Gasteiger partial charge in [0.25, 0.3) is 0 Å². The van der Waals surface area contributed by atoms with E-state index in [2.05, 4.69) is 10.3 Å². The lowest BCUT2D eigenvalue weighted by Gasteiger charge is -2.31. The van der Waals surface area contributed by atoms with Gasteiger partial charge in [-0.1, -0.05) is 0 Å². The fraction of sp³-hybridized carbons (Fsp3) is 0.348. The summed E-state index contributed by atoms with van der Waals surface area (Å²) in [4.78, 5) is 30.4. The van der Waals surface area contributed by atoms with Crippen molar-refractivity contribution >= 4 is 22.8 Å². The minimum atomic E-state index is -1.56. The monoisotopic (exact) mass is 460 g/mol. The van der Waals surface area contributed by atoms with Gasteiger partial charge in [-0.25, -0.2) is 22.9 Å². The Labute approximate surface area is 187 Å². The lowest BCUT2D eigenvalue weighted by Crippen LogP contribution is -2.45. The van der Waals surface area contributed by atoms with E-state index in [0.29, 0.717) is 19.2 Å². The lowest BCUT2D eigenvalue weighted by molar-refractivity contribution is 0.0695. The van der Waals surface area contributed by atoms with Crippen LogP contribution in [0.25, 0.3) is 16.7 Å². The van der Waals surface area contributed by atoms with Crippen LogP contribution in [0, 0.1) is 23.4 Å². The van der Waals surface area contributed by atoms with E-state index in [-0.39, 0.29) is 34.0 Å². The summed E-state index contributed by atoms with van der Waals surface area (Å²) in [5, 5.41) is 12.4. The summed E-state index contributed by atoms with van der Waals surface area (Å²) >= 11 is 0. The summed E-state index contributed by atoms with van der Waals surface area (Å²) in [6.07, 6.45) is 1.71. The quantitative estimate of drug-likeness (QED) is 0.608. The number of carboxylic acid groups (broad SMARTS) is 1.